The summed E-state index contributed by atoms with van der Waals surface area (Å²) in [7, 11) is 1.30. The number of carbonyl (C=O) groups excluding carboxylic acids is 2. The maximum atomic E-state index is 12.4. The molecule has 3 heteroatoms. The molecule has 0 fully saturated rings. The van der Waals surface area contributed by atoms with E-state index in [9.17, 15) is 9.59 Å². The van der Waals surface area contributed by atoms with Crippen molar-refractivity contribution in [1.29, 1.82) is 0 Å². The van der Waals surface area contributed by atoms with E-state index in [1.807, 2.05) is 19.1 Å². The molecule has 0 aliphatic heterocycles. The van der Waals surface area contributed by atoms with E-state index in [1.54, 1.807) is 36.4 Å². The van der Waals surface area contributed by atoms with Crippen LogP contribution in [0.3, 0.4) is 0 Å². The van der Waals surface area contributed by atoms with Crippen LogP contribution in [0.1, 0.15) is 31.8 Å². The molecule has 19 heavy (non-hydrogen) atoms. The van der Waals surface area contributed by atoms with Crippen LogP contribution in [-0.2, 0) is 4.74 Å². The Morgan fingerprint density at radius 2 is 1.47 bits per heavy atom. The highest BCUT2D eigenvalue weighted by atomic mass is 16.5. The number of rotatable bonds is 3. The van der Waals surface area contributed by atoms with Crippen LogP contribution in [0.2, 0.25) is 0 Å². The maximum absolute atomic E-state index is 12.4. The van der Waals surface area contributed by atoms with Gasteiger partial charge in [-0.2, -0.15) is 0 Å². The highest BCUT2D eigenvalue weighted by Gasteiger charge is 2.17. The summed E-state index contributed by atoms with van der Waals surface area (Å²) in [5.41, 5.74) is 2.29. The number of carbonyl (C=O) groups is 2. The molecule has 2 aromatic rings. The third-order valence-corrected chi connectivity index (χ3v) is 2.89. The predicted molar refractivity (Wildman–Crippen MR) is 72.4 cm³/mol. The van der Waals surface area contributed by atoms with E-state index in [2.05, 4.69) is 0 Å². The van der Waals surface area contributed by atoms with Crippen molar-refractivity contribution in [2.45, 2.75) is 6.92 Å². The van der Waals surface area contributed by atoms with Gasteiger partial charge in [-0.25, -0.2) is 4.79 Å². The largest absolute Gasteiger partial charge is 0.465 e. The lowest BCUT2D eigenvalue weighted by molar-refractivity contribution is 0.0597. The molecule has 0 aliphatic rings. The lowest BCUT2D eigenvalue weighted by Gasteiger charge is -2.07. The number of ketones is 1. The zero-order valence-corrected chi connectivity index (χ0v) is 10.8. The van der Waals surface area contributed by atoms with Crippen molar-refractivity contribution in [3.05, 3.63) is 70.8 Å². The Labute approximate surface area is 111 Å². The summed E-state index contributed by atoms with van der Waals surface area (Å²) in [4.78, 5) is 24.0. The molecule has 0 unspecified atom stereocenters. The maximum Gasteiger partial charge on any atom is 0.338 e. The molecular formula is C16H14O3. The van der Waals surface area contributed by atoms with Crippen molar-refractivity contribution >= 4 is 11.8 Å². The summed E-state index contributed by atoms with van der Waals surface area (Å²) in [6, 6.07) is 13.9. The van der Waals surface area contributed by atoms with E-state index in [-0.39, 0.29) is 11.3 Å². The van der Waals surface area contributed by atoms with E-state index < -0.39 is 5.97 Å². The van der Waals surface area contributed by atoms with Crippen LogP contribution in [0, 0.1) is 6.92 Å². The normalized spacial score (nSPS) is 10.0. The van der Waals surface area contributed by atoms with Gasteiger partial charge in [0.2, 0.25) is 0 Å². The van der Waals surface area contributed by atoms with E-state index >= 15 is 0 Å². The number of benzene rings is 2. The van der Waals surface area contributed by atoms with Crippen molar-refractivity contribution in [2.75, 3.05) is 7.11 Å². The lowest BCUT2D eigenvalue weighted by atomic mass is 9.98. The van der Waals surface area contributed by atoms with E-state index in [1.165, 1.54) is 7.11 Å². The quantitative estimate of drug-likeness (QED) is 0.624. The molecule has 0 radical (unpaired) electrons. The summed E-state index contributed by atoms with van der Waals surface area (Å²) in [5, 5.41) is 0. The lowest BCUT2D eigenvalue weighted by Crippen LogP contribution is -2.11. The Morgan fingerprint density at radius 1 is 0.895 bits per heavy atom. The SMILES string of the molecule is COC(=O)c1ccccc1C(=O)c1ccc(C)cc1. The third-order valence-electron chi connectivity index (χ3n) is 2.89. The monoisotopic (exact) mass is 254 g/mol. The Morgan fingerprint density at radius 3 is 2.05 bits per heavy atom. The summed E-state index contributed by atoms with van der Waals surface area (Å²) in [5.74, 6) is -0.683. The molecule has 0 bridgehead atoms. The minimum atomic E-state index is -0.504. The Hall–Kier alpha value is -2.42. The highest BCUT2D eigenvalue weighted by molar-refractivity contribution is 6.14. The molecule has 0 heterocycles. The van der Waals surface area contributed by atoms with Gasteiger partial charge in [-0.3, -0.25) is 4.79 Å². The van der Waals surface area contributed by atoms with Crippen LogP contribution in [-0.4, -0.2) is 18.9 Å². The number of ether oxygens (including phenoxy) is 1. The topological polar surface area (TPSA) is 43.4 Å². The fourth-order valence-electron chi connectivity index (χ4n) is 1.83. The molecule has 3 nitrogen and oxygen atoms in total. The number of esters is 1. The molecule has 2 aromatic carbocycles. The molecule has 0 amide bonds. The summed E-state index contributed by atoms with van der Waals surface area (Å²) in [6.07, 6.45) is 0. The first-order chi connectivity index (χ1) is 9.13. The Balaban J connectivity index is 2.44. The van der Waals surface area contributed by atoms with E-state index in [4.69, 9.17) is 4.74 Å². The first kappa shape index (κ1) is 13.0. The van der Waals surface area contributed by atoms with Gasteiger partial charge in [0.15, 0.2) is 5.78 Å². The second kappa shape index (κ2) is 5.48. The van der Waals surface area contributed by atoms with Gasteiger partial charge < -0.3 is 4.74 Å². The average Bonchev–Trinajstić information content (AvgIpc) is 2.46. The average molecular weight is 254 g/mol. The third kappa shape index (κ3) is 2.71. The van der Waals surface area contributed by atoms with Gasteiger partial charge in [0.25, 0.3) is 0 Å². The zero-order valence-electron chi connectivity index (χ0n) is 10.8. The van der Waals surface area contributed by atoms with E-state index in [0.717, 1.165) is 5.56 Å². The van der Waals surface area contributed by atoms with Crippen molar-refractivity contribution < 1.29 is 14.3 Å². The van der Waals surface area contributed by atoms with Crippen LogP contribution in [0.15, 0.2) is 48.5 Å². The van der Waals surface area contributed by atoms with Crippen LogP contribution < -0.4 is 0 Å². The first-order valence-electron chi connectivity index (χ1n) is 5.92. The van der Waals surface area contributed by atoms with Crippen molar-refractivity contribution in [1.82, 2.24) is 0 Å². The Kier molecular flexibility index (Phi) is 3.76. The molecule has 2 rings (SSSR count). The predicted octanol–water partition coefficient (Wildman–Crippen LogP) is 3.01. The van der Waals surface area contributed by atoms with Gasteiger partial charge in [0.1, 0.15) is 0 Å². The smallest absolute Gasteiger partial charge is 0.338 e. The number of aryl methyl sites for hydroxylation is 1. The van der Waals surface area contributed by atoms with E-state index in [0.29, 0.717) is 11.1 Å². The molecule has 0 N–H and O–H groups in total. The minimum absolute atomic E-state index is 0.180. The summed E-state index contributed by atoms with van der Waals surface area (Å²) in [6.45, 7) is 1.96. The minimum Gasteiger partial charge on any atom is -0.465 e. The van der Waals surface area contributed by atoms with Crippen molar-refractivity contribution in [3.8, 4) is 0 Å². The molecule has 0 saturated carbocycles. The first-order valence-corrected chi connectivity index (χ1v) is 5.92. The molecule has 0 spiro atoms. The molecule has 0 saturated heterocycles. The standard InChI is InChI=1S/C16H14O3/c1-11-7-9-12(10-8-11)15(17)13-5-3-4-6-14(13)16(18)19-2/h3-10H,1-2H3. The van der Waals surface area contributed by atoms with Gasteiger partial charge >= 0.3 is 5.97 Å². The van der Waals surface area contributed by atoms with Gasteiger partial charge in [-0.1, -0.05) is 48.0 Å². The summed E-state index contributed by atoms with van der Waals surface area (Å²) >= 11 is 0. The van der Waals surface area contributed by atoms with Crippen molar-refractivity contribution in [3.63, 3.8) is 0 Å². The van der Waals surface area contributed by atoms with Crippen molar-refractivity contribution in [2.24, 2.45) is 0 Å². The zero-order chi connectivity index (χ0) is 13.8. The van der Waals surface area contributed by atoms with Gasteiger partial charge in [0, 0.05) is 11.1 Å². The molecular weight excluding hydrogens is 240 g/mol. The summed E-state index contributed by atoms with van der Waals surface area (Å²) < 4.78 is 4.69. The van der Waals surface area contributed by atoms with Gasteiger partial charge in [-0.15, -0.1) is 0 Å². The molecule has 96 valence electrons. The van der Waals surface area contributed by atoms with Crippen LogP contribution in [0.25, 0.3) is 0 Å². The second-order valence-corrected chi connectivity index (χ2v) is 4.23. The van der Waals surface area contributed by atoms with Gasteiger partial charge in [-0.05, 0) is 13.0 Å². The van der Waals surface area contributed by atoms with Crippen LogP contribution in [0.4, 0.5) is 0 Å². The molecule has 0 atom stereocenters. The Bertz CT molecular complexity index is 612. The second-order valence-electron chi connectivity index (χ2n) is 4.23. The molecule has 0 aromatic heterocycles. The van der Waals surface area contributed by atoms with Crippen LogP contribution in [0.5, 0.6) is 0 Å². The number of hydrogen-bond acceptors (Lipinski definition) is 3. The highest BCUT2D eigenvalue weighted by Crippen LogP contribution is 2.16. The fourth-order valence-corrected chi connectivity index (χ4v) is 1.83. The number of methoxy groups -OCH3 is 1. The molecule has 0 aliphatic carbocycles. The number of hydrogen-bond donors (Lipinski definition) is 0. The van der Waals surface area contributed by atoms with Crippen LogP contribution >= 0.6 is 0 Å². The van der Waals surface area contributed by atoms with Gasteiger partial charge in [0.05, 0.1) is 12.7 Å². The fraction of sp³-hybridized carbons (Fsp3) is 0.125.